The fraction of sp³-hybridized carbons (Fsp3) is 0.857. The van der Waals surface area contributed by atoms with E-state index in [1.165, 1.54) is 13.5 Å². The van der Waals surface area contributed by atoms with E-state index in [1.54, 1.807) is 4.90 Å². The van der Waals surface area contributed by atoms with Crippen LogP contribution in [0.15, 0.2) is 0 Å². The summed E-state index contributed by atoms with van der Waals surface area (Å²) >= 11 is 0. The van der Waals surface area contributed by atoms with Crippen LogP contribution in [0.1, 0.15) is 25.7 Å². The maximum atomic E-state index is 12.4. The van der Waals surface area contributed by atoms with Crippen molar-refractivity contribution in [2.24, 2.45) is 0 Å². The largest absolute Gasteiger partial charge is 0.375 e. The summed E-state index contributed by atoms with van der Waals surface area (Å²) in [7, 11) is 1.52. The second-order valence-electron chi connectivity index (χ2n) is 5.50. The van der Waals surface area contributed by atoms with Gasteiger partial charge in [0.15, 0.2) is 0 Å². The molecule has 0 spiro atoms. The Morgan fingerprint density at radius 3 is 2.50 bits per heavy atom. The molecule has 2 aliphatic heterocycles. The van der Waals surface area contributed by atoms with Crippen molar-refractivity contribution in [2.45, 2.75) is 31.7 Å². The van der Waals surface area contributed by atoms with E-state index in [-0.39, 0.29) is 24.5 Å². The number of ether oxygens (including phenoxy) is 1. The Hall–Kier alpha value is -1.14. The third-order valence-corrected chi connectivity index (χ3v) is 4.07. The summed E-state index contributed by atoms with van der Waals surface area (Å²) in [5.74, 6) is 0.206. The molecule has 0 aliphatic carbocycles. The van der Waals surface area contributed by atoms with Crippen LogP contribution >= 0.6 is 0 Å². The highest BCUT2D eigenvalue weighted by Gasteiger charge is 2.28. The van der Waals surface area contributed by atoms with Crippen LogP contribution in [-0.4, -0.2) is 74.1 Å². The van der Waals surface area contributed by atoms with E-state index >= 15 is 0 Å². The van der Waals surface area contributed by atoms with Gasteiger partial charge in [-0.3, -0.25) is 9.59 Å². The van der Waals surface area contributed by atoms with Crippen LogP contribution < -0.4 is 5.32 Å². The maximum Gasteiger partial charge on any atom is 0.248 e. The lowest BCUT2D eigenvalue weighted by atomic mass is 10.1. The average molecular weight is 283 g/mol. The summed E-state index contributed by atoms with van der Waals surface area (Å²) in [6, 6.07) is -0.0290. The zero-order chi connectivity index (χ0) is 14.4. The molecule has 2 heterocycles. The number of carbonyl (C=O) groups is 2. The molecule has 2 aliphatic rings. The van der Waals surface area contributed by atoms with Crippen LogP contribution in [0.5, 0.6) is 0 Å². The van der Waals surface area contributed by atoms with Crippen LogP contribution in [0.25, 0.3) is 0 Å². The van der Waals surface area contributed by atoms with Crippen molar-refractivity contribution in [3.8, 4) is 0 Å². The van der Waals surface area contributed by atoms with E-state index in [2.05, 4.69) is 5.32 Å². The van der Waals surface area contributed by atoms with E-state index in [1.807, 2.05) is 4.90 Å². The predicted molar refractivity (Wildman–Crippen MR) is 75.3 cm³/mol. The summed E-state index contributed by atoms with van der Waals surface area (Å²) in [4.78, 5) is 27.8. The molecule has 1 N–H and O–H groups in total. The van der Waals surface area contributed by atoms with E-state index in [9.17, 15) is 9.59 Å². The molecule has 1 atom stereocenters. The highest BCUT2D eigenvalue weighted by atomic mass is 16.5. The van der Waals surface area contributed by atoms with Gasteiger partial charge in [0.1, 0.15) is 6.61 Å². The molecule has 0 aromatic heterocycles. The van der Waals surface area contributed by atoms with Gasteiger partial charge in [0.2, 0.25) is 11.8 Å². The normalized spacial score (nSPS) is 24.4. The Kier molecular flexibility index (Phi) is 5.79. The van der Waals surface area contributed by atoms with Gasteiger partial charge in [0, 0.05) is 33.3 Å². The molecule has 2 amide bonds. The van der Waals surface area contributed by atoms with Crippen molar-refractivity contribution >= 4 is 11.8 Å². The van der Waals surface area contributed by atoms with E-state index in [0.29, 0.717) is 26.2 Å². The van der Waals surface area contributed by atoms with Gasteiger partial charge < -0.3 is 19.9 Å². The van der Waals surface area contributed by atoms with Crippen LogP contribution in [0.3, 0.4) is 0 Å². The first-order valence-electron chi connectivity index (χ1n) is 7.51. The number of hydrogen-bond donors (Lipinski definition) is 1. The fourth-order valence-corrected chi connectivity index (χ4v) is 2.85. The molecule has 0 saturated carbocycles. The Labute approximate surface area is 120 Å². The van der Waals surface area contributed by atoms with Gasteiger partial charge >= 0.3 is 0 Å². The number of rotatable bonds is 3. The minimum Gasteiger partial charge on any atom is -0.375 e. The highest BCUT2D eigenvalue weighted by Crippen LogP contribution is 2.12. The zero-order valence-corrected chi connectivity index (χ0v) is 12.3. The Morgan fingerprint density at radius 1 is 1.10 bits per heavy atom. The summed E-state index contributed by atoms with van der Waals surface area (Å²) in [5.41, 5.74) is 0. The van der Waals surface area contributed by atoms with Crippen molar-refractivity contribution in [3.63, 3.8) is 0 Å². The summed E-state index contributed by atoms with van der Waals surface area (Å²) in [6.45, 7) is 3.54. The summed E-state index contributed by atoms with van der Waals surface area (Å²) in [5, 5.41) is 3.34. The second kappa shape index (κ2) is 7.59. The molecule has 6 nitrogen and oxygen atoms in total. The Bertz CT molecular complexity index is 333. The number of amides is 2. The average Bonchev–Trinajstić information content (AvgIpc) is 2.76. The highest BCUT2D eigenvalue weighted by molar-refractivity contribution is 5.82. The predicted octanol–water partition coefficient (Wildman–Crippen LogP) is -0.164. The minimum atomic E-state index is -0.0290. The topological polar surface area (TPSA) is 61.9 Å². The number of hydrogen-bond acceptors (Lipinski definition) is 4. The summed E-state index contributed by atoms with van der Waals surface area (Å²) in [6.07, 6.45) is 4.41. The maximum absolute atomic E-state index is 12.4. The van der Waals surface area contributed by atoms with Crippen molar-refractivity contribution < 1.29 is 14.3 Å². The summed E-state index contributed by atoms with van der Waals surface area (Å²) < 4.78 is 4.86. The van der Waals surface area contributed by atoms with Crippen LogP contribution in [0.4, 0.5) is 0 Å². The standard InChI is InChI=1S/C14H25N3O3/c1-20-11-13(18)16-7-9-17(10-8-16)14(19)12-5-3-2-4-6-15-12/h12,15H,2-11H2,1H3. The van der Waals surface area contributed by atoms with Gasteiger partial charge in [-0.25, -0.2) is 0 Å². The molecule has 1 unspecified atom stereocenters. The van der Waals surface area contributed by atoms with Crippen molar-refractivity contribution in [1.29, 1.82) is 0 Å². The molecule has 20 heavy (non-hydrogen) atoms. The van der Waals surface area contributed by atoms with E-state index < -0.39 is 0 Å². The first kappa shape index (κ1) is 15.3. The van der Waals surface area contributed by atoms with Crippen LogP contribution in [-0.2, 0) is 14.3 Å². The molecule has 0 aromatic carbocycles. The van der Waals surface area contributed by atoms with Gasteiger partial charge in [-0.05, 0) is 19.4 Å². The van der Waals surface area contributed by atoms with Gasteiger partial charge in [0.25, 0.3) is 0 Å². The zero-order valence-electron chi connectivity index (χ0n) is 12.3. The van der Waals surface area contributed by atoms with E-state index in [0.717, 1.165) is 25.8 Å². The molecular weight excluding hydrogens is 258 g/mol. The van der Waals surface area contributed by atoms with Crippen molar-refractivity contribution in [2.75, 3.05) is 46.4 Å². The third kappa shape index (κ3) is 3.93. The van der Waals surface area contributed by atoms with Gasteiger partial charge in [-0.1, -0.05) is 12.8 Å². The smallest absolute Gasteiger partial charge is 0.248 e. The lowest BCUT2D eigenvalue weighted by molar-refractivity contribution is -0.142. The molecule has 0 aromatic rings. The number of nitrogens with zero attached hydrogens (tertiary/aromatic N) is 2. The number of carbonyl (C=O) groups excluding carboxylic acids is 2. The Morgan fingerprint density at radius 2 is 1.80 bits per heavy atom. The van der Waals surface area contributed by atoms with Gasteiger partial charge in [-0.2, -0.15) is 0 Å². The fourth-order valence-electron chi connectivity index (χ4n) is 2.85. The molecule has 2 saturated heterocycles. The van der Waals surface area contributed by atoms with E-state index in [4.69, 9.17) is 4.74 Å². The molecule has 0 bridgehead atoms. The Balaban J connectivity index is 1.80. The first-order valence-corrected chi connectivity index (χ1v) is 7.51. The van der Waals surface area contributed by atoms with Crippen LogP contribution in [0, 0.1) is 0 Å². The number of nitrogens with one attached hydrogen (secondary N) is 1. The molecule has 6 heteroatoms. The lowest BCUT2D eigenvalue weighted by Gasteiger charge is -2.36. The molecular formula is C14H25N3O3. The molecule has 0 radical (unpaired) electrons. The number of piperazine rings is 1. The molecule has 2 rings (SSSR count). The van der Waals surface area contributed by atoms with Gasteiger partial charge in [-0.15, -0.1) is 0 Å². The monoisotopic (exact) mass is 283 g/mol. The third-order valence-electron chi connectivity index (χ3n) is 4.07. The van der Waals surface area contributed by atoms with Gasteiger partial charge in [0.05, 0.1) is 6.04 Å². The molecule has 114 valence electrons. The van der Waals surface area contributed by atoms with Crippen LogP contribution in [0.2, 0.25) is 0 Å². The number of methoxy groups -OCH3 is 1. The lowest BCUT2D eigenvalue weighted by Crippen LogP contribution is -2.55. The van der Waals surface area contributed by atoms with Crippen molar-refractivity contribution in [1.82, 2.24) is 15.1 Å². The molecule has 2 fully saturated rings. The minimum absolute atomic E-state index is 0.00666. The van der Waals surface area contributed by atoms with Crippen molar-refractivity contribution in [3.05, 3.63) is 0 Å². The SMILES string of the molecule is COCC(=O)N1CCN(C(=O)C2CCCCCN2)CC1. The second-order valence-corrected chi connectivity index (χ2v) is 5.50. The quantitative estimate of drug-likeness (QED) is 0.781. The first-order chi connectivity index (χ1) is 9.72.